The Morgan fingerprint density at radius 3 is 2.38 bits per heavy atom. The molecule has 1 aromatic heterocycles. The molecular weight excluding hydrogens is 428 g/mol. The van der Waals surface area contributed by atoms with E-state index in [1.807, 2.05) is 97.5 Å². The van der Waals surface area contributed by atoms with Gasteiger partial charge in [0.15, 0.2) is 0 Å². The van der Waals surface area contributed by atoms with Gasteiger partial charge in [0.1, 0.15) is 30.5 Å². The number of carbonyl (C=O) groups excluding carboxylic acids is 1. The predicted molar refractivity (Wildman–Crippen MR) is 133 cm³/mol. The molecule has 0 radical (unpaired) electrons. The topological polar surface area (TPSA) is 68.6 Å². The Bertz CT molecular complexity index is 1220. The molecule has 4 aromatic rings. The highest BCUT2D eigenvalue weighted by molar-refractivity contribution is 5.81. The van der Waals surface area contributed by atoms with E-state index in [4.69, 9.17) is 14.5 Å². The highest BCUT2D eigenvalue weighted by Crippen LogP contribution is 2.21. The van der Waals surface area contributed by atoms with Crippen molar-refractivity contribution in [2.45, 2.75) is 19.2 Å². The van der Waals surface area contributed by atoms with Gasteiger partial charge in [0.05, 0.1) is 24.2 Å². The maximum Gasteiger partial charge on any atom is 0.240 e. The summed E-state index contributed by atoms with van der Waals surface area (Å²) in [6.45, 7) is 0.926. The van der Waals surface area contributed by atoms with E-state index in [1.165, 1.54) is 0 Å². The maximum atomic E-state index is 13.0. The molecule has 34 heavy (non-hydrogen) atoms. The van der Waals surface area contributed by atoms with Gasteiger partial charge in [-0.05, 0) is 56.1 Å². The molecule has 0 aliphatic carbocycles. The summed E-state index contributed by atoms with van der Waals surface area (Å²) < 4.78 is 13.1. The molecule has 7 heteroatoms. The lowest BCUT2D eigenvalue weighted by Gasteiger charge is -2.25. The number of rotatable bonds is 10. The highest BCUT2D eigenvalue weighted by atomic mass is 16.5. The molecule has 7 nitrogen and oxygen atoms in total. The third-order valence-electron chi connectivity index (χ3n) is 5.76. The van der Waals surface area contributed by atoms with Crippen molar-refractivity contribution < 1.29 is 14.3 Å². The van der Waals surface area contributed by atoms with Crippen LogP contribution in [0.3, 0.4) is 0 Å². The highest BCUT2D eigenvalue weighted by Gasteiger charge is 2.18. The minimum Gasteiger partial charge on any atom is -0.497 e. The zero-order valence-electron chi connectivity index (χ0n) is 19.8. The fourth-order valence-electron chi connectivity index (χ4n) is 3.91. The average Bonchev–Trinajstić information content (AvgIpc) is 3.21. The molecule has 0 spiro atoms. The zero-order valence-corrected chi connectivity index (χ0v) is 19.8. The molecule has 0 aliphatic heterocycles. The smallest absolute Gasteiger partial charge is 0.240 e. The van der Waals surface area contributed by atoms with Gasteiger partial charge in [0.25, 0.3) is 0 Å². The first-order valence-electron chi connectivity index (χ1n) is 11.2. The van der Waals surface area contributed by atoms with Crippen LogP contribution in [0.2, 0.25) is 0 Å². The summed E-state index contributed by atoms with van der Waals surface area (Å²) in [5, 5.41) is 3.09. The number of para-hydroxylation sites is 3. The molecule has 0 saturated carbocycles. The fourth-order valence-corrected chi connectivity index (χ4v) is 3.91. The Morgan fingerprint density at radius 2 is 1.68 bits per heavy atom. The summed E-state index contributed by atoms with van der Waals surface area (Å²) in [7, 11) is 5.66. The third-order valence-corrected chi connectivity index (χ3v) is 5.76. The van der Waals surface area contributed by atoms with Crippen LogP contribution < -0.4 is 14.8 Å². The largest absolute Gasteiger partial charge is 0.497 e. The molecule has 176 valence electrons. The summed E-state index contributed by atoms with van der Waals surface area (Å²) in [5.41, 5.74) is 2.85. The number of likely N-dealkylation sites (N-methyl/N-ethyl adjacent to an activating group) is 1. The van der Waals surface area contributed by atoms with Gasteiger partial charge in [-0.15, -0.1) is 0 Å². The van der Waals surface area contributed by atoms with Crippen molar-refractivity contribution in [1.29, 1.82) is 0 Å². The van der Waals surface area contributed by atoms with Crippen molar-refractivity contribution in [1.82, 2.24) is 19.8 Å². The number of methoxy groups -OCH3 is 1. The molecule has 0 saturated heterocycles. The van der Waals surface area contributed by atoms with E-state index in [-0.39, 0.29) is 25.1 Å². The third kappa shape index (κ3) is 5.55. The monoisotopic (exact) mass is 458 g/mol. The normalized spacial score (nSPS) is 12.0. The van der Waals surface area contributed by atoms with Crippen LogP contribution in [0.4, 0.5) is 0 Å². The van der Waals surface area contributed by atoms with Gasteiger partial charge in [-0.25, -0.2) is 4.98 Å². The Kier molecular flexibility index (Phi) is 7.44. The van der Waals surface area contributed by atoms with Crippen molar-refractivity contribution in [3.63, 3.8) is 0 Å². The molecule has 0 bridgehead atoms. The van der Waals surface area contributed by atoms with E-state index < -0.39 is 0 Å². The first-order chi connectivity index (χ1) is 16.5. The lowest BCUT2D eigenvalue weighted by Crippen LogP contribution is -2.36. The van der Waals surface area contributed by atoms with Crippen molar-refractivity contribution in [3.05, 3.63) is 90.3 Å². The van der Waals surface area contributed by atoms with Crippen LogP contribution in [0.5, 0.6) is 11.5 Å². The first-order valence-corrected chi connectivity index (χ1v) is 11.2. The Labute approximate surface area is 199 Å². The zero-order chi connectivity index (χ0) is 23.9. The number of benzene rings is 3. The fraction of sp³-hybridized carbons (Fsp3) is 0.259. The summed E-state index contributed by atoms with van der Waals surface area (Å²) in [5.74, 6) is 2.20. The van der Waals surface area contributed by atoms with Crippen molar-refractivity contribution in [3.8, 4) is 11.5 Å². The molecule has 0 fully saturated rings. The summed E-state index contributed by atoms with van der Waals surface area (Å²) in [6, 6.07) is 25.4. The Morgan fingerprint density at radius 1 is 0.971 bits per heavy atom. The molecular formula is C27H30N4O3. The van der Waals surface area contributed by atoms with Gasteiger partial charge in [-0.1, -0.05) is 42.5 Å². The van der Waals surface area contributed by atoms with Crippen LogP contribution in [-0.2, 0) is 17.9 Å². The van der Waals surface area contributed by atoms with Gasteiger partial charge in [0, 0.05) is 6.54 Å². The van der Waals surface area contributed by atoms with E-state index >= 15 is 0 Å². The number of amides is 1. The summed E-state index contributed by atoms with van der Waals surface area (Å²) in [4.78, 5) is 19.8. The van der Waals surface area contributed by atoms with Gasteiger partial charge in [-0.2, -0.15) is 0 Å². The molecule has 1 amide bonds. The van der Waals surface area contributed by atoms with Crippen molar-refractivity contribution >= 4 is 16.9 Å². The minimum atomic E-state index is -0.0792. The van der Waals surface area contributed by atoms with Crippen LogP contribution >= 0.6 is 0 Å². The van der Waals surface area contributed by atoms with Crippen LogP contribution in [0.25, 0.3) is 11.0 Å². The SMILES string of the molecule is COc1ccc(C(CNC(=O)Cn2c(COc3ccccc3)nc3ccccc32)N(C)C)cc1. The molecule has 1 atom stereocenters. The number of hydrogen-bond acceptors (Lipinski definition) is 5. The first kappa shape index (κ1) is 23.3. The Hall–Kier alpha value is -3.84. The van der Waals surface area contributed by atoms with Gasteiger partial charge in [-0.3, -0.25) is 4.79 Å². The second-order valence-corrected chi connectivity index (χ2v) is 8.26. The number of carbonyl (C=O) groups is 1. The van der Waals surface area contributed by atoms with Gasteiger partial charge < -0.3 is 24.3 Å². The van der Waals surface area contributed by atoms with Crippen LogP contribution in [0, 0.1) is 0 Å². The number of hydrogen-bond donors (Lipinski definition) is 1. The molecule has 3 aromatic carbocycles. The summed E-state index contributed by atoms with van der Waals surface area (Å²) in [6.07, 6.45) is 0. The van der Waals surface area contributed by atoms with Gasteiger partial charge >= 0.3 is 0 Å². The van der Waals surface area contributed by atoms with Crippen LogP contribution in [0.15, 0.2) is 78.9 Å². The Balaban J connectivity index is 1.47. The molecule has 1 heterocycles. The van der Waals surface area contributed by atoms with E-state index in [0.29, 0.717) is 12.4 Å². The number of ether oxygens (including phenoxy) is 2. The number of nitrogens with one attached hydrogen (secondary N) is 1. The average molecular weight is 459 g/mol. The number of nitrogens with zero attached hydrogens (tertiary/aromatic N) is 3. The second kappa shape index (κ2) is 10.9. The van der Waals surface area contributed by atoms with Crippen LogP contribution in [0.1, 0.15) is 17.4 Å². The number of aromatic nitrogens is 2. The van der Waals surface area contributed by atoms with E-state index in [1.54, 1.807) is 7.11 Å². The molecule has 4 rings (SSSR count). The van der Waals surface area contributed by atoms with E-state index in [9.17, 15) is 4.79 Å². The lowest BCUT2D eigenvalue weighted by atomic mass is 10.1. The minimum absolute atomic E-state index is 0.0373. The van der Waals surface area contributed by atoms with Gasteiger partial charge in [0.2, 0.25) is 5.91 Å². The summed E-state index contributed by atoms with van der Waals surface area (Å²) >= 11 is 0. The van der Waals surface area contributed by atoms with Crippen molar-refractivity contribution in [2.75, 3.05) is 27.7 Å². The van der Waals surface area contributed by atoms with E-state index in [2.05, 4.69) is 10.2 Å². The number of imidazole rings is 1. The molecule has 0 aliphatic rings. The number of fused-ring (bicyclic) bond motifs is 1. The molecule has 1 unspecified atom stereocenters. The molecule has 1 N–H and O–H groups in total. The standard InChI is InChI=1S/C27H30N4O3/c1-30(2)25(20-13-15-21(33-3)16-14-20)17-28-27(32)18-31-24-12-8-7-11-23(24)29-26(31)19-34-22-9-5-4-6-10-22/h4-16,25H,17-19H2,1-3H3,(H,28,32). The maximum absolute atomic E-state index is 13.0. The van der Waals surface area contributed by atoms with Crippen molar-refractivity contribution in [2.24, 2.45) is 0 Å². The lowest BCUT2D eigenvalue weighted by molar-refractivity contribution is -0.121. The predicted octanol–water partition coefficient (Wildman–Crippen LogP) is 4.04. The second-order valence-electron chi connectivity index (χ2n) is 8.26. The van der Waals surface area contributed by atoms with Crippen LogP contribution in [-0.4, -0.2) is 48.1 Å². The quantitative estimate of drug-likeness (QED) is 0.388. The van der Waals surface area contributed by atoms with E-state index in [0.717, 1.165) is 28.1 Å².